The molecular weight excluding hydrogens is 401 g/mol. The number of rotatable bonds is 2. The Morgan fingerprint density at radius 3 is 2.59 bits per heavy atom. The zero-order chi connectivity index (χ0) is 16.0. The SMILES string of the molecule is COc1cc(-n2c(N)c3c(cc2=O)C(=O)NC3=O)ccc1I. The zero-order valence-corrected chi connectivity index (χ0v) is 13.5. The highest BCUT2D eigenvalue weighted by Gasteiger charge is 2.31. The quantitative estimate of drug-likeness (QED) is 0.565. The van der Waals surface area contributed by atoms with E-state index in [0.29, 0.717) is 11.4 Å². The van der Waals surface area contributed by atoms with Crippen LogP contribution in [0, 0.1) is 3.57 Å². The highest BCUT2D eigenvalue weighted by Crippen LogP contribution is 2.27. The smallest absolute Gasteiger partial charge is 0.262 e. The zero-order valence-electron chi connectivity index (χ0n) is 11.3. The number of aromatic nitrogens is 1. The third-order valence-corrected chi connectivity index (χ3v) is 4.24. The average Bonchev–Trinajstić information content (AvgIpc) is 2.75. The summed E-state index contributed by atoms with van der Waals surface area (Å²) in [4.78, 5) is 35.7. The van der Waals surface area contributed by atoms with Gasteiger partial charge >= 0.3 is 0 Å². The maximum atomic E-state index is 12.3. The summed E-state index contributed by atoms with van der Waals surface area (Å²) in [5, 5.41) is 2.12. The van der Waals surface area contributed by atoms with Crippen LogP contribution in [0.15, 0.2) is 29.1 Å². The first-order valence-electron chi connectivity index (χ1n) is 6.19. The number of ether oxygens (including phenoxy) is 1. The molecule has 0 saturated heterocycles. The van der Waals surface area contributed by atoms with Crippen LogP contribution in [0.1, 0.15) is 20.7 Å². The van der Waals surface area contributed by atoms with Crippen molar-refractivity contribution in [2.75, 3.05) is 12.8 Å². The average molecular weight is 411 g/mol. The number of amides is 2. The first-order valence-corrected chi connectivity index (χ1v) is 7.27. The molecule has 1 aromatic carbocycles. The number of hydrogen-bond acceptors (Lipinski definition) is 5. The molecule has 0 bridgehead atoms. The molecule has 0 spiro atoms. The Kier molecular flexibility index (Phi) is 3.39. The fraction of sp³-hybridized carbons (Fsp3) is 0.0714. The number of nitrogens with zero attached hydrogens (tertiary/aromatic N) is 1. The maximum absolute atomic E-state index is 12.3. The lowest BCUT2D eigenvalue weighted by Gasteiger charge is -2.13. The van der Waals surface area contributed by atoms with Crippen LogP contribution >= 0.6 is 22.6 Å². The van der Waals surface area contributed by atoms with Crippen molar-refractivity contribution in [3.63, 3.8) is 0 Å². The van der Waals surface area contributed by atoms with E-state index in [1.54, 1.807) is 18.2 Å². The summed E-state index contributed by atoms with van der Waals surface area (Å²) >= 11 is 2.10. The lowest BCUT2D eigenvalue weighted by molar-refractivity contribution is 0.0880. The Labute approximate surface area is 138 Å². The normalized spacial score (nSPS) is 13.0. The number of anilines is 1. The van der Waals surface area contributed by atoms with Crippen molar-refractivity contribution in [1.29, 1.82) is 0 Å². The lowest BCUT2D eigenvalue weighted by Crippen LogP contribution is -2.24. The van der Waals surface area contributed by atoms with Crippen LogP contribution in [0.4, 0.5) is 5.82 Å². The second-order valence-electron chi connectivity index (χ2n) is 4.59. The molecule has 2 heterocycles. The number of methoxy groups -OCH3 is 1. The predicted octanol–water partition coefficient (Wildman–Crippen LogP) is 0.916. The van der Waals surface area contributed by atoms with E-state index >= 15 is 0 Å². The third kappa shape index (κ3) is 2.06. The first kappa shape index (κ1) is 14.6. The van der Waals surface area contributed by atoms with Crippen LogP contribution in [0.5, 0.6) is 5.75 Å². The minimum absolute atomic E-state index is 0.00114. The summed E-state index contributed by atoms with van der Waals surface area (Å²) in [6.07, 6.45) is 0. The first-order chi connectivity index (χ1) is 10.4. The van der Waals surface area contributed by atoms with E-state index in [9.17, 15) is 14.4 Å². The van der Waals surface area contributed by atoms with E-state index in [1.165, 1.54) is 11.7 Å². The number of carbonyl (C=O) groups is 2. The van der Waals surface area contributed by atoms with Crippen molar-refractivity contribution in [2.45, 2.75) is 0 Å². The van der Waals surface area contributed by atoms with Gasteiger partial charge in [-0.3, -0.25) is 24.3 Å². The highest BCUT2D eigenvalue weighted by atomic mass is 127. The van der Waals surface area contributed by atoms with Gasteiger partial charge in [-0.2, -0.15) is 0 Å². The van der Waals surface area contributed by atoms with Crippen LogP contribution in [-0.2, 0) is 0 Å². The molecule has 8 heteroatoms. The Hall–Kier alpha value is -2.36. The van der Waals surface area contributed by atoms with Crippen molar-refractivity contribution in [3.8, 4) is 11.4 Å². The van der Waals surface area contributed by atoms with Gasteiger partial charge in [0, 0.05) is 12.1 Å². The van der Waals surface area contributed by atoms with Crippen LogP contribution in [0.25, 0.3) is 5.69 Å². The molecule has 0 fully saturated rings. The molecule has 3 rings (SSSR count). The molecule has 0 unspecified atom stereocenters. The van der Waals surface area contributed by atoms with Crippen molar-refractivity contribution < 1.29 is 14.3 Å². The fourth-order valence-corrected chi connectivity index (χ4v) is 2.89. The van der Waals surface area contributed by atoms with E-state index in [2.05, 4.69) is 27.9 Å². The maximum Gasteiger partial charge on any atom is 0.262 e. The van der Waals surface area contributed by atoms with E-state index < -0.39 is 17.4 Å². The molecule has 0 atom stereocenters. The van der Waals surface area contributed by atoms with Gasteiger partial charge < -0.3 is 10.5 Å². The van der Waals surface area contributed by atoms with Gasteiger partial charge in [-0.15, -0.1) is 0 Å². The number of nitrogen functional groups attached to an aromatic ring is 1. The molecule has 2 aromatic rings. The second kappa shape index (κ2) is 5.13. The molecule has 1 aliphatic rings. The monoisotopic (exact) mass is 411 g/mol. The van der Waals surface area contributed by atoms with Gasteiger partial charge in [0.05, 0.1) is 27.5 Å². The number of pyridine rings is 1. The predicted molar refractivity (Wildman–Crippen MR) is 87.5 cm³/mol. The topological polar surface area (TPSA) is 103 Å². The summed E-state index contributed by atoms with van der Waals surface area (Å²) in [7, 11) is 1.52. The molecular formula is C14H10IN3O4. The van der Waals surface area contributed by atoms with Gasteiger partial charge in [0.15, 0.2) is 0 Å². The number of carbonyl (C=O) groups excluding carboxylic acids is 2. The molecule has 1 aliphatic heterocycles. The van der Waals surface area contributed by atoms with E-state index in [0.717, 1.165) is 9.64 Å². The van der Waals surface area contributed by atoms with E-state index in [-0.39, 0.29) is 16.9 Å². The Morgan fingerprint density at radius 2 is 1.91 bits per heavy atom. The minimum Gasteiger partial charge on any atom is -0.496 e. The number of imide groups is 1. The van der Waals surface area contributed by atoms with Crippen LogP contribution < -0.4 is 21.3 Å². The Morgan fingerprint density at radius 1 is 1.18 bits per heavy atom. The molecule has 3 N–H and O–H groups in total. The molecule has 112 valence electrons. The van der Waals surface area contributed by atoms with Gasteiger partial charge in [0.2, 0.25) is 0 Å². The van der Waals surface area contributed by atoms with Crippen molar-refractivity contribution in [1.82, 2.24) is 9.88 Å². The number of nitrogens with two attached hydrogens (primary N) is 1. The number of fused-ring (bicyclic) bond motifs is 1. The largest absolute Gasteiger partial charge is 0.496 e. The lowest BCUT2D eigenvalue weighted by atomic mass is 10.1. The Bertz CT molecular complexity index is 888. The summed E-state index contributed by atoms with van der Waals surface area (Å²) in [6, 6.07) is 6.19. The summed E-state index contributed by atoms with van der Waals surface area (Å²) < 4.78 is 7.26. The molecule has 7 nitrogen and oxygen atoms in total. The summed E-state index contributed by atoms with van der Waals surface area (Å²) in [6.45, 7) is 0. The van der Waals surface area contributed by atoms with Gasteiger partial charge in [0.25, 0.3) is 17.4 Å². The number of benzene rings is 1. The Balaban J connectivity index is 2.30. The summed E-state index contributed by atoms with van der Waals surface area (Å²) in [5.41, 5.74) is 5.93. The van der Waals surface area contributed by atoms with Gasteiger partial charge in [0.1, 0.15) is 11.6 Å². The number of hydrogen-bond donors (Lipinski definition) is 2. The standard InChI is InChI=1S/C14H10IN3O4/c1-22-9-4-6(2-3-8(9)15)18-10(19)5-7-11(12(18)16)14(21)17-13(7)20/h2-5H,16H2,1H3,(H,17,20,21). The van der Waals surface area contributed by atoms with Crippen molar-refractivity contribution in [2.24, 2.45) is 0 Å². The molecule has 0 radical (unpaired) electrons. The number of nitrogens with one attached hydrogen (secondary N) is 1. The molecule has 22 heavy (non-hydrogen) atoms. The molecule has 1 aromatic heterocycles. The van der Waals surface area contributed by atoms with Crippen LogP contribution in [0.3, 0.4) is 0 Å². The van der Waals surface area contributed by atoms with Crippen molar-refractivity contribution in [3.05, 3.63) is 49.3 Å². The molecule has 2 amide bonds. The van der Waals surface area contributed by atoms with Gasteiger partial charge in [-0.05, 0) is 34.7 Å². The van der Waals surface area contributed by atoms with Crippen LogP contribution in [0.2, 0.25) is 0 Å². The van der Waals surface area contributed by atoms with Gasteiger partial charge in [-0.1, -0.05) is 0 Å². The van der Waals surface area contributed by atoms with Crippen LogP contribution in [-0.4, -0.2) is 23.5 Å². The minimum atomic E-state index is -0.615. The fourth-order valence-electron chi connectivity index (χ4n) is 2.33. The summed E-state index contributed by atoms with van der Waals surface area (Å²) in [5.74, 6) is -0.723. The molecule has 0 aliphatic carbocycles. The van der Waals surface area contributed by atoms with E-state index in [4.69, 9.17) is 10.5 Å². The number of halogens is 1. The second-order valence-corrected chi connectivity index (χ2v) is 5.76. The van der Waals surface area contributed by atoms with E-state index in [1.807, 2.05) is 0 Å². The van der Waals surface area contributed by atoms with Crippen molar-refractivity contribution >= 4 is 40.2 Å². The highest BCUT2D eigenvalue weighted by molar-refractivity contribution is 14.1. The molecule has 0 saturated carbocycles. The third-order valence-electron chi connectivity index (χ3n) is 3.35. The van der Waals surface area contributed by atoms with Gasteiger partial charge in [-0.25, -0.2) is 0 Å².